The van der Waals surface area contributed by atoms with Crippen LogP contribution in [0.1, 0.15) is 25.3 Å². The molecule has 1 atom stereocenters. The third-order valence-electron chi connectivity index (χ3n) is 4.65. The number of piperidine rings is 1. The predicted octanol–water partition coefficient (Wildman–Crippen LogP) is 3.70. The second kappa shape index (κ2) is 8.54. The van der Waals surface area contributed by atoms with Gasteiger partial charge in [0.2, 0.25) is 0 Å². The van der Waals surface area contributed by atoms with E-state index >= 15 is 0 Å². The molecule has 1 fully saturated rings. The number of hydrogen-bond acceptors (Lipinski definition) is 4. The quantitative estimate of drug-likeness (QED) is 0.780. The maximum absolute atomic E-state index is 13.6. The van der Waals surface area contributed by atoms with Gasteiger partial charge in [-0.1, -0.05) is 0 Å². The Morgan fingerprint density at radius 1 is 1.34 bits per heavy atom. The molecule has 1 N–H and O–H groups in total. The van der Waals surface area contributed by atoms with Crippen molar-refractivity contribution >= 4 is 17.7 Å². The third-order valence-corrected chi connectivity index (χ3v) is 4.65. The highest BCUT2D eigenvalue weighted by molar-refractivity contribution is 5.91. The van der Waals surface area contributed by atoms with Gasteiger partial charge in [-0.05, 0) is 44.0 Å². The van der Waals surface area contributed by atoms with Crippen LogP contribution in [-0.4, -0.2) is 46.4 Å². The van der Waals surface area contributed by atoms with E-state index in [0.29, 0.717) is 19.4 Å². The first-order valence-corrected chi connectivity index (χ1v) is 9.23. The molecule has 1 aromatic carbocycles. The summed E-state index contributed by atoms with van der Waals surface area (Å²) in [6.45, 7) is 2.39. The summed E-state index contributed by atoms with van der Waals surface area (Å²) in [5.74, 6) is -0.872. The maximum atomic E-state index is 13.6. The SMILES string of the molecule is CCOC(=O)C1CCCN(C(=O)Nc2ccc(-n3cccn3)cc2C(F)(F)F)C1. The van der Waals surface area contributed by atoms with E-state index in [9.17, 15) is 22.8 Å². The molecule has 7 nitrogen and oxygen atoms in total. The van der Waals surface area contributed by atoms with Crippen LogP contribution in [0.4, 0.5) is 23.7 Å². The van der Waals surface area contributed by atoms with Gasteiger partial charge in [0.05, 0.1) is 29.5 Å². The van der Waals surface area contributed by atoms with Gasteiger partial charge in [0.25, 0.3) is 0 Å². The van der Waals surface area contributed by atoms with Crippen LogP contribution in [0.15, 0.2) is 36.7 Å². The third kappa shape index (κ3) is 4.87. The topological polar surface area (TPSA) is 76.5 Å². The summed E-state index contributed by atoms with van der Waals surface area (Å²) in [6.07, 6.45) is -0.534. The molecule has 1 aliphatic heterocycles. The Balaban J connectivity index is 1.78. The minimum Gasteiger partial charge on any atom is -0.466 e. The Morgan fingerprint density at radius 3 is 2.79 bits per heavy atom. The predicted molar refractivity (Wildman–Crippen MR) is 98.5 cm³/mol. The highest BCUT2D eigenvalue weighted by Gasteiger charge is 2.35. The number of rotatable bonds is 4. The van der Waals surface area contributed by atoms with Gasteiger partial charge >= 0.3 is 18.2 Å². The fourth-order valence-electron chi connectivity index (χ4n) is 3.25. The van der Waals surface area contributed by atoms with E-state index in [1.807, 2.05) is 0 Å². The van der Waals surface area contributed by atoms with Crippen LogP contribution in [0.2, 0.25) is 0 Å². The zero-order chi connectivity index (χ0) is 21.0. The van der Waals surface area contributed by atoms with Gasteiger partial charge in [-0.15, -0.1) is 0 Å². The molecule has 1 unspecified atom stereocenters. The molecule has 156 valence electrons. The Bertz CT molecular complexity index is 868. The number of esters is 1. The Morgan fingerprint density at radius 2 is 2.14 bits per heavy atom. The van der Waals surface area contributed by atoms with Gasteiger partial charge in [0, 0.05) is 25.5 Å². The van der Waals surface area contributed by atoms with Crippen molar-refractivity contribution in [2.24, 2.45) is 5.92 Å². The fraction of sp³-hybridized carbons (Fsp3) is 0.421. The van der Waals surface area contributed by atoms with Crippen molar-refractivity contribution in [1.82, 2.24) is 14.7 Å². The molecule has 1 aromatic heterocycles. The first-order chi connectivity index (χ1) is 13.8. The average Bonchev–Trinajstić information content (AvgIpc) is 3.22. The largest absolute Gasteiger partial charge is 0.466 e. The number of halogens is 3. The first kappa shape index (κ1) is 20.7. The summed E-state index contributed by atoms with van der Waals surface area (Å²) in [5, 5.41) is 6.26. The molecule has 0 spiro atoms. The second-order valence-corrected chi connectivity index (χ2v) is 6.65. The Hall–Kier alpha value is -3.04. The summed E-state index contributed by atoms with van der Waals surface area (Å²) in [5.41, 5.74) is -1.10. The number of carbonyl (C=O) groups excluding carboxylic acids is 2. The highest BCUT2D eigenvalue weighted by atomic mass is 19.4. The maximum Gasteiger partial charge on any atom is 0.418 e. The molecule has 1 aliphatic rings. The van der Waals surface area contributed by atoms with Crippen LogP contribution >= 0.6 is 0 Å². The van der Waals surface area contributed by atoms with Gasteiger partial charge in [-0.25, -0.2) is 9.48 Å². The van der Waals surface area contributed by atoms with E-state index in [-0.39, 0.29) is 24.5 Å². The number of nitrogens with one attached hydrogen (secondary N) is 1. The van der Waals surface area contributed by atoms with Crippen LogP contribution in [0, 0.1) is 5.92 Å². The number of ether oxygens (including phenoxy) is 1. The van der Waals surface area contributed by atoms with E-state index < -0.39 is 29.7 Å². The summed E-state index contributed by atoms with van der Waals surface area (Å²) >= 11 is 0. The normalized spacial score (nSPS) is 17.1. The zero-order valence-corrected chi connectivity index (χ0v) is 15.8. The number of alkyl halides is 3. The molecule has 29 heavy (non-hydrogen) atoms. The fourth-order valence-corrected chi connectivity index (χ4v) is 3.25. The molecule has 2 aromatic rings. The Kier molecular flexibility index (Phi) is 6.09. The smallest absolute Gasteiger partial charge is 0.418 e. The number of hydrogen-bond donors (Lipinski definition) is 1. The number of carbonyl (C=O) groups is 2. The van der Waals surface area contributed by atoms with Gasteiger partial charge < -0.3 is 15.0 Å². The molecular formula is C19H21F3N4O3. The zero-order valence-electron chi connectivity index (χ0n) is 15.8. The number of benzene rings is 1. The van der Waals surface area contributed by atoms with Crippen LogP contribution in [0.3, 0.4) is 0 Å². The molecule has 2 heterocycles. The molecule has 3 rings (SSSR count). The molecule has 0 saturated carbocycles. The van der Waals surface area contributed by atoms with Crippen molar-refractivity contribution in [3.05, 3.63) is 42.2 Å². The minimum atomic E-state index is -4.67. The molecule has 2 amide bonds. The van der Waals surface area contributed by atoms with Crippen LogP contribution in [0.5, 0.6) is 0 Å². The van der Waals surface area contributed by atoms with Crippen molar-refractivity contribution in [1.29, 1.82) is 0 Å². The van der Waals surface area contributed by atoms with Gasteiger partial charge in [0.15, 0.2) is 0 Å². The summed E-state index contributed by atoms with van der Waals surface area (Å²) in [7, 11) is 0. The summed E-state index contributed by atoms with van der Waals surface area (Å²) < 4.78 is 47.0. The number of anilines is 1. The number of nitrogens with zero attached hydrogens (tertiary/aromatic N) is 3. The summed E-state index contributed by atoms with van der Waals surface area (Å²) in [6, 6.07) is 4.48. The van der Waals surface area contributed by atoms with Crippen molar-refractivity contribution < 1.29 is 27.5 Å². The number of aromatic nitrogens is 2. The minimum absolute atomic E-state index is 0.109. The molecule has 1 saturated heterocycles. The standard InChI is InChI=1S/C19H21F3N4O3/c1-2-29-17(27)13-5-3-9-25(12-13)18(28)24-16-7-6-14(26-10-4-8-23-26)11-15(16)19(20,21)22/h4,6-8,10-11,13H,2-3,5,9,12H2,1H3,(H,24,28). The molecule has 0 bridgehead atoms. The number of amides is 2. The average molecular weight is 410 g/mol. The van der Waals surface area contributed by atoms with Crippen molar-refractivity contribution in [3.8, 4) is 5.69 Å². The second-order valence-electron chi connectivity index (χ2n) is 6.65. The van der Waals surface area contributed by atoms with Crippen molar-refractivity contribution in [2.75, 3.05) is 25.0 Å². The Labute approximate surface area is 165 Å². The van der Waals surface area contributed by atoms with E-state index in [4.69, 9.17) is 4.74 Å². The van der Waals surface area contributed by atoms with E-state index in [1.54, 1.807) is 13.0 Å². The number of urea groups is 1. The van der Waals surface area contributed by atoms with E-state index in [2.05, 4.69) is 10.4 Å². The van der Waals surface area contributed by atoms with E-state index in [0.717, 1.165) is 6.07 Å². The van der Waals surface area contributed by atoms with Crippen LogP contribution < -0.4 is 5.32 Å². The van der Waals surface area contributed by atoms with Gasteiger partial charge in [0.1, 0.15) is 0 Å². The highest BCUT2D eigenvalue weighted by Crippen LogP contribution is 2.36. The van der Waals surface area contributed by atoms with Crippen molar-refractivity contribution in [3.63, 3.8) is 0 Å². The molecule has 0 radical (unpaired) electrons. The lowest BCUT2D eigenvalue weighted by molar-refractivity contribution is -0.149. The molecule has 0 aliphatic carbocycles. The van der Waals surface area contributed by atoms with Gasteiger partial charge in [-0.2, -0.15) is 18.3 Å². The van der Waals surface area contributed by atoms with Gasteiger partial charge in [-0.3, -0.25) is 4.79 Å². The molecule has 10 heteroatoms. The van der Waals surface area contributed by atoms with Crippen LogP contribution in [-0.2, 0) is 15.7 Å². The monoisotopic (exact) mass is 410 g/mol. The molecular weight excluding hydrogens is 389 g/mol. The lowest BCUT2D eigenvalue weighted by Crippen LogP contribution is -2.44. The lowest BCUT2D eigenvalue weighted by Gasteiger charge is -2.31. The van der Waals surface area contributed by atoms with E-state index in [1.165, 1.54) is 34.1 Å². The first-order valence-electron chi connectivity index (χ1n) is 9.23. The van der Waals surface area contributed by atoms with Crippen LogP contribution in [0.25, 0.3) is 5.69 Å². The lowest BCUT2D eigenvalue weighted by atomic mass is 9.98. The number of likely N-dealkylation sites (tertiary alicyclic amines) is 1. The van der Waals surface area contributed by atoms with Crippen molar-refractivity contribution in [2.45, 2.75) is 25.9 Å². The summed E-state index contributed by atoms with van der Waals surface area (Å²) in [4.78, 5) is 25.8.